The van der Waals surface area contributed by atoms with Crippen LogP contribution in [-0.4, -0.2) is 28.1 Å². The summed E-state index contributed by atoms with van der Waals surface area (Å²) in [4.78, 5) is 16.1. The van der Waals surface area contributed by atoms with Crippen LogP contribution in [0.2, 0.25) is 0 Å². The molecule has 2 aromatic carbocycles. The molecule has 5 rings (SSSR count). The molecular formula is C25H25N3O2S. The molecule has 1 amide bonds. The van der Waals surface area contributed by atoms with Gasteiger partial charge in [-0.25, -0.2) is 4.98 Å². The zero-order chi connectivity index (χ0) is 21.2. The molecule has 0 atom stereocenters. The molecule has 0 unspecified atom stereocenters. The van der Waals surface area contributed by atoms with Crippen molar-refractivity contribution in [2.75, 3.05) is 6.61 Å². The number of carbonyl (C=O) groups excluding carboxylic acids is 1. The first-order valence-electron chi connectivity index (χ1n) is 10.6. The number of fused-ring (bicyclic) bond motifs is 3. The molecule has 0 saturated heterocycles. The summed E-state index contributed by atoms with van der Waals surface area (Å²) >= 11 is 1.75. The highest BCUT2D eigenvalue weighted by molar-refractivity contribution is 7.18. The zero-order valence-electron chi connectivity index (χ0n) is 17.5. The highest BCUT2D eigenvalue weighted by Gasteiger charge is 2.22. The molecule has 0 aliphatic carbocycles. The van der Waals surface area contributed by atoms with Gasteiger partial charge in [-0.15, -0.1) is 11.3 Å². The predicted octanol–water partition coefficient (Wildman–Crippen LogP) is 4.37. The van der Waals surface area contributed by atoms with Gasteiger partial charge in [0.1, 0.15) is 12.4 Å². The minimum Gasteiger partial charge on any atom is -0.492 e. The third-order valence-electron chi connectivity index (χ3n) is 5.68. The molecule has 6 heteroatoms. The Morgan fingerprint density at radius 1 is 1.10 bits per heavy atom. The molecule has 4 aromatic rings. The Balaban J connectivity index is 1.15. The molecule has 1 aliphatic heterocycles. The lowest BCUT2D eigenvalue weighted by molar-refractivity contribution is -0.119. The number of rotatable bonds is 7. The van der Waals surface area contributed by atoms with Crippen LogP contribution >= 0.6 is 11.3 Å². The van der Waals surface area contributed by atoms with Crippen LogP contribution in [0.1, 0.15) is 28.9 Å². The van der Waals surface area contributed by atoms with Crippen molar-refractivity contribution in [2.24, 2.45) is 0 Å². The largest absolute Gasteiger partial charge is 0.492 e. The lowest BCUT2D eigenvalue weighted by atomic mass is 10.0. The van der Waals surface area contributed by atoms with Crippen LogP contribution in [0.4, 0.5) is 0 Å². The Hall–Kier alpha value is -3.12. The number of benzene rings is 2. The maximum atomic E-state index is 11.3. The molecule has 3 heterocycles. The van der Waals surface area contributed by atoms with Crippen molar-refractivity contribution in [3.05, 3.63) is 82.6 Å². The van der Waals surface area contributed by atoms with Gasteiger partial charge >= 0.3 is 0 Å². The molecule has 1 aliphatic rings. The Morgan fingerprint density at radius 3 is 2.55 bits per heavy atom. The number of amides is 1. The highest BCUT2D eigenvalue weighted by atomic mass is 32.1. The van der Waals surface area contributed by atoms with Gasteiger partial charge in [-0.2, -0.15) is 0 Å². The van der Waals surface area contributed by atoms with Gasteiger partial charge in [-0.05, 0) is 42.0 Å². The molecule has 1 N–H and O–H groups in total. The van der Waals surface area contributed by atoms with Gasteiger partial charge in [0.25, 0.3) is 0 Å². The Kier molecular flexibility index (Phi) is 5.47. The van der Waals surface area contributed by atoms with E-state index in [1.165, 1.54) is 21.7 Å². The average Bonchev–Trinajstić information content (AvgIpc) is 3.26. The number of nitrogens with zero attached hydrogens (tertiary/aromatic N) is 2. The highest BCUT2D eigenvalue weighted by Crippen LogP contribution is 2.25. The number of thiazole rings is 1. The van der Waals surface area contributed by atoms with Crippen LogP contribution in [0.15, 0.2) is 60.7 Å². The lowest BCUT2D eigenvalue weighted by Crippen LogP contribution is -2.40. The smallest absolute Gasteiger partial charge is 0.217 e. The second-order valence-corrected chi connectivity index (χ2v) is 9.13. The quantitative estimate of drug-likeness (QED) is 0.473. The van der Waals surface area contributed by atoms with Crippen molar-refractivity contribution in [2.45, 2.75) is 38.8 Å². The fraction of sp³-hybridized carbons (Fsp3) is 0.280. The summed E-state index contributed by atoms with van der Waals surface area (Å²) in [7, 11) is 0. The SMILES string of the molecule is CC(=O)NC1Cc2ccc(n2CCOc2ccc(Cc3nc4ccccc4s3)cc2)C1. The summed E-state index contributed by atoms with van der Waals surface area (Å²) in [6.07, 6.45) is 2.59. The van der Waals surface area contributed by atoms with Crippen LogP contribution in [0.5, 0.6) is 5.75 Å². The summed E-state index contributed by atoms with van der Waals surface area (Å²) in [5.74, 6) is 0.922. The minimum atomic E-state index is 0.0361. The Labute approximate surface area is 185 Å². The van der Waals surface area contributed by atoms with Crippen LogP contribution in [0.25, 0.3) is 10.2 Å². The van der Waals surface area contributed by atoms with E-state index in [0.717, 1.165) is 42.1 Å². The summed E-state index contributed by atoms with van der Waals surface area (Å²) in [6, 6.07) is 21.1. The van der Waals surface area contributed by atoms with Crippen molar-refractivity contribution in [1.82, 2.24) is 14.9 Å². The standard InChI is InChI=1S/C25H25N3O2S/c1-17(29)26-19-15-20-8-9-21(16-19)28(20)12-13-30-22-10-6-18(7-11-22)14-25-27-23-4-2-3-5-24(23)31-25/h2-11,19H,12-16H2,1H3,(H,26,29). The minimum absolute atomic E-state index is 0.0361. The zero-order valence-corrected chi connectivity index (χ0v) is 18.3. The third-order valence-corrected chi connectivity index (χ3v) is 6.72. The van der Waals surface area contributed by atoms with E-state index in [1.807, 2.05) is 18.2 Å². The maximum absolute atomic E-state index is 11.3. The number of para-hydroxylation sites is 1. The van der Waals surface area contributed by atoms with Gasteiger partial charge < -0.3 is 14.6 Å². The summed E-state index contributed by atoms with van der Waals surface area (Å²) < 4.78 is 9.55. The van der Waals surface area contributed by atoms with Gasteiger partial charge in [0, 0.05) is 43.6 Å². The summed E-state index contributed by atoms with van der Waals surface area (Å²) in [5.41, 5.74) is 4.83. The van der Waals surface area contributed by atoms with Crippen molar-refractivity contribution >= 4 is 27.5 Å². The molecule has 0 saturated carbocycles. The fourth-order valence-electron chi connectivity index (χ4n) is 4.30. The number of nitrogens with one attached hydrogen (secondary N) is 1. The normalized spacial score (nSPS) is 13.5. The molecular weight excluding hydrogens is 406 g/mol. The van der Waals surface area contributed by atoms with Crippen molar-refractivity contribution in [3.8, 4) is 5.75 Å². The van der Waals surface area contributed by atoms with Crippen LogP contribution < -0.4 is 10.1 Å². The first-order chi connectivity index (χ1) is 15.1. The van der Waals surface area contributed by atoms with E-state index in [9.17, 15) is 4.79 Å². The van der Waals surface area contributed by atoms with Gasteiger partial charge in [0.2, 0.25) is 5.91 Å². The summed E-state index contributed by atoms with van der Waals surface area (Å²) in [6.45, 7) is 3.02. The van der Waals surface area contributed by atoms with Crippen LogP contribution in [-0.2, 0) is 30.6 Å². The van der Waals surface area contributed by atoms with E-state index < -0.39 is 0 Å². The van der Waals surface area contributed by atoms with Gasteiger partial charge in [0.05, 0.1) is 21.8 Å². The van der Waals surface area contributed by atoms with Gasteiger partial charge in [0.15, 0.2) is 0 Å². The van der Waals surface area contributed by atoms with E-state index in [4.69, 9.17) is 9.72 Å². The van der Waals surface area contributed by atoms with Gasteiger partial charge in [-0.1, -0.05) is 24.3 Å². The predicted molar refractivity (Wildman–Crippen MR) is 124 cm³/mol. The monoisotopic (exact) mass is 431 g/mol. The van der Waals surface area contributed by atoms with E-state index in [0.29, 0.717) is 6.61 Å². The first-order valence-corrected chi connectivity index (χ1v) is 11.5. The number of aromatic nitrogens is 2. The fourth-order valence-corrected chi connectivity index (χ4v) is 5.30. The van der Waals surface area contributed by atoms with Crippen LogP contribution in [0, 0.1) is 0 Å². The average molecular weight is 432 g/mol. The first kappa shape index (κ1) is 19.8. The molecule has 31 heavy (non-hydrogen) atoms. The van der Waals surface area contributed by atoms with E-state index in [2.05, 4.69) is 52.3 Å². The molecule has 0 spiro atoms. The second kappa shape index (κ2) is 8.55. The number of hydrogen-bond donors (Lipinski definition) is 1. The van der Waals surface area contributed by atoms with Crippen LogP contribution in [0.3, 0.4) is 0 Å². The van der Waals surface area contributed by atoms with E-state index in [-0.39, 0.29) is 11.9 Å². The molecule has 0 fully saturated rings. The topological polar surface area (TPSA) is 56.2 Å². The number of ether oxygens (including phenoxy) is 1. The lowest BCUT2D eigenvalue weighted by Gasteiger charge is -2.25. The second-order valence-electron chi connectivity index (χ2n) is 8.02. The van der Waals surface area contributed by atoms with Crippen molar-refractivity contribution in [1.29, 1.82) is 0 Å². The van der Waals surface area contributed by atoms with Crippen molar-refractivity contribution < 1.29 is 9.53 Å². The maximum Gasteiger partial charge on any atom is 0.217 e. The molecule has 5 nitrogen and oxygen atoms in total. The molecule has 158 valence electrons. The Bertz CT molecular complexity index is 1150. The van der Waals surface area contributed by atoms with E-state index >= 15 is 0 Å². The molecule has 0 radical (unpaired) electrons. The van der Waals surface area contributed by atoms with E-state index in [1.54, 1.807) is 18.3 Å². The number of carbonyl (C=O) groups is 1. The Morgan fingerprint density at radius 2 is 1.84 bits per heavy atom. The molecule has 2 bridgehead atoms. The molecule has 2 aromatic heterocycles. The third kappa shape index (κ3) is 4.49. The summed E-state index contributed by atoms with van der Waals surface area (Å²) in [5, 5.41) is 4.17. The van der Waals surface area contributed by atoms with Crippen molar-refractivity contribution in [3.63, 3.8) is 0 Å². The number of hydrogen-bond acceptors (Lipinski definition) is 4. The van der Waals surface area contributed by atoms with Gasteiger partial charge in [-0.3, -0.25) is 4.79 Å².